The Morgan fingerprint density at radius 1 is 1.24 bits per heavy atom. The zero-order valence-corrected chi connectivity index (χ0v) is 11.7. The van der Waals surface area contributed by atoms with Crippen LogP contribution in [0.3, 0.4) is 0 Å². The Labute approximate surface area is 123 Å². The second-order valence-corrected chi connectivity index (χ2v) is 4.40. The first-order chi connectivity index (χ1) is 10.2. The van der Waals surface area contributed by atoms with Gasteiger partial charge in [0.05, 0.1) is 0 Å². The summed E-state index contributed by atoms with van der Waals surface area (Å²) in [4.78, 5) is 27.3. The number of esters is 1. The number of rotatable bonds is 5. The maximum Gasteiger partial charge on any atom is 0.310 e. The molecule has 0 bridgehead atoms. The van der Waals surface area contributed by atoms with Crippen LogP contribution in [0.15, 0.2) is 48.8 Å². The standard InChI is InChI=1S/C16H16N2O3/c1-2-15(19)21-14-7-3-6-13(9-14)16(20)18-11-12-5-4-8-17-10-12/h3-10H,2,11H2,1H3,(H,18,20). The number of aromatic nitrogens is 1. The van der Waals surface area contributed by atoms with Gasteiger partial charge in [-0.1, -0.05) is 19.1 Å². The molecule has 0 aliphatic carbocycles. The Kier molecular flexibility index (Phi) is 5.04. The normalized spacial score (nSPS) is 9.95. The van der Waals surface area contributed by atoms with Crippen molar-refractivity contribution in [3.63, 3.8) is 0 Å². The Balaban J connectivity index is 1.99. The fourth-order valence-corrected chi connectivity index (χ4v) is 1.69. The number of ether oxygens (including phenoxy) is 1. The molecule has 0 fully saturated rings. The topological polar surface area (TPSA) is 68.3 Å². The van der Waals surface area contributed by atoms with Gasteiger partial charge in [0.15, 0.2) is 0 Å². The van der Waals surface area contributed by atoms with E-state index in [1.165, 1.54) is 0 Å². The van der Waals surface area contributed by atoms with E-state index in [9.17, 15) is 9.59 Å². The maximum absolute atomic E-state index is 12.1. The average molecular weight is 284 g/mol. The lowest BCUT2D eigenvalue weighted by molar-refractivity contribution is -0.134. The molecule has 1 heterocycles. The molecule has 1 aromatic carbocycles. The number of hydrogen-bond acceptors (Lipinski definition) is 4. The quantitative estimate of drug-likeness (QED) is 0.676. The van der Waals surface area contributed by atoms with Crippen molar-refractivity contribution in [2.24, 2.45) is 0 Å². The van der Waals surface area contributed by atoms with Crippen molar-refractivity contribution in [2.75, 3.05) is 0 Å². The molecule has 2 aromatic rings. The van der Waals surface area contributed by atoms with Gasteiger partial charge in [-0.05, 0) is 29.8 Å². The van der Waals surface area contributed by atoms with Crippen molar-refractivity contribution in [1.82, 2.24) is 10.3 Å². The fraction of sp³-hybridized carbons (Fsp3) is 0.188. The first-order valence-corrected chi connectivity index (χ1v) is 6.67. The van der Waals surface area contributed by atoms with Crippen LogP contribution in [0.4, 0.5) is 0 Å². The zero-order valence-electron chi connectivity index (χ0n) is 11.7. The van der Waals surface area contributed by atoms with Crippen molar-refractivity contribution in [1.29, 1.82) is 0 Å². The van der Waals surface area contributed by atoms with Gasteiger partial charge >= 0.3 is 5.97 Å². The highest BCUT2D eigenvalue weighted by molar-refractivity contribution is 5.94. The smallest absolute Gasteiger partial charge is 0.310 e. The maximum atomic E-state index is 12.1. The van der Waals surface area contributed by atoms with E-state index in [-0.39, 0.29) is 18.3 Å². The van der Waals surface area contributed by atoms with E-state index in [1.54, 1.807) is 43.6 Å². The van der Waals surface area contributed by atoms with E-state index in [0.29, 0.717) is 17.9 Å². The number of nitrogens with one attached hydrogen (secondary N) is 1. The number of carbonyl (C=O) groups is 2. The van der Waals surface area contributed by atoms with Gasteiger partial charge in [0.2, 0.25) is 0 Å². The monoisotopic (exact) mass is 284 g/mol. The number of amides is 1. The van der Waals surface area contributed by atoms with Gasteiger partial charge in [-0.15, -0.1) is 0 Å². The van der Waals surface area contributed by atoms with Crippen LogP contribution in [0, 0.1) is 0 Å². The Morgan fingerprint density at radius 3 is 2.81 bits per heavy atom. The molecular formula is C16H16N2O3. The first kappa shape index (κ1) is 14.7. The van der Waals surface area contributed by atoms with Crippen LogP contribution >= 0.6 is 0 Å². The summed E-state index contributed by atoms with van der Waals surface area (Å²) in [6.07, 6.45) is 3.66. The summed E-state index contributed by atoms with van der Waals surface area (Å²) in [5.74, 6) is -0.188. The van der Waals surface area contributed by atoms with Crippen molar-refractivity contribution >= 4 is 11.9 Å². The van der Waals surface area contributed by atoms with E-state index in [4.69, 9.17) is 4.74 Å². The fourth-order valence-electron chi connectivity index (χ4n) is 1.69. The zero-order chi connectivity index (χ0) is 15.1. The SMILES string of the molecule is CCC(=O)Oc1cccc(C(=O)NCc2cccnc2)c1. The molecular weight excluding hydrogens is 268 g/mol. The Morgan fingerprint density at radius 2 is 2.10 bits per heavy atom. The lowest BCUT2D eigenvalue weighted by atomic mass is 10.2. The summed E-state index contributed by atoms with van der Waals surface area (Å²) in [7, 11) is 0. The lowest BCUT2D eigenvalue weighted by Gasteiger charge is -2.07. The van der Waals surface area contributed by atoms with Crippen molar-refractivity contribution in [2.45, 2.75) is 19.9 Å². The average Bonchev–Trinajstić information content (AvgIpc) is 2.53. The molecule has 21 heavy (non-hydrogen) atoms. The summed E-state index contributed by atoms with van der Waals surface area (Å²) in [6.45, 7) is 2.11. The second-order valence-electron chi connectivity index (χ2n) is 4.40. The summed E-state index contributed by atoms with van der Waals surface area (Å²) >= 11 is 0. The van der Waals surface area contributed by atoms with Crippen molar-refractivity contribution in [3.8, 4) is 5.75 Å². The summed E-state index contributed by atoms with van der Waals surface area (Å²) in [5.41, 5.74) is 1.36. The minimum Gasteiger partial charge on any atom is -0.427 e. The molecule has 0 atom stereocenters. The second kappa shape index (κ2) is 7.19. The highest BCUT2D eigenvalue weighted by Crippen LogP contribution is 2.14. The van der Waals surface area contributed by atoms with Gasteiger partial charge in [0.25, 0.3) is 5.91 Å². The third-order valence-corrected chi connectivity index (χ3v) is 2.79. The predicted molar refractivity (Wildman–Crippen MR) is 77.8 cm³/mol. The summed E-state index contributed by atoms with van der Waals surface area (Å²) < 4.78 is 5.09. The first-order valence-electron chi connectivity index (χ1n) is 6.67. The van der Waals surface area contributed by atoms with Crippen LogP contribution in [0.1, 0.15) is 29.3 Å². The largest absolute Gasteiger partial charge is 0.427 e. The molecule has 0 saturated carbocycles. The highest BCUT2D eigenvalue weighted by atomic mass is 16.5. The van der Waals surface area contributed by atoms with E-state index in [2.05, 4.69) is 10.3 Å². The lowest BCUT2D eigenvalue weighted by Crippen LogP contribution is -2.22. The molecule has 108 valence electrons. The number of carbonyl (C=O) groups excluding carboxylic acids is 2. The van der Waals surface area contributed by atoms with Gasteiger partial charge in [0.1, 0.15) is 5.75 Å². The number of hydrogen-bond donors (Lipinski definition) is 1. The number of pyridine rings is 1. The van der Waals surface area contributed by atoms with Crippen molar-refractivity contribution in [3.05, 3.63) is 59.9 Å². The van der Waals surface area contributed by atoms with Gasteiger partial charge in [-0.25, -0.2) is 0 Å². The van der Waals surface area contributed by atoms with Crippen LogP contribution in [-0.4, -0.2) is 16.9 Å². The molecule has 1 amide bonds. The molecule has 5 nitrogen and oxygen atoms in total. The number of nitrogens with zero attached hydrogens (tertiary/aromatic N) is 1. The molecule has 5 heteroatoms. The van der Waals surface area contributed by atoms with Gasteiger partial charge < -0.3 is 10.1 Å². The highest BCUT2D eigenvalue weighted by Gasteiger charge is 2.08. The molecule has 1 N–H and O–H groups in total. The van der Waals surface area contributed by atoms with E-state index in [1.807, 2.05) is 12.1 Å². The van der Waals surface area contributed by atoms with Crippen LogP contribution in [0.5, 0.6) is 5.75 Å². The molecule has 0 aliphatic rings. The predicted octanol–water partition coefficient (Wildman–Crippen LogP) is 2.33. The van der Waals surface area contributed by atoms with Crippen LogP contribution in [-0.2, 0) is 11.3 Å². The van der Waals surface area contributed by atoms with E-state index >= 15 is 0 Å². The van der Waals surface area contributed by atoms with Gasteiger partial charge in [0, 0.05) is 30.9 Å². The molecule has 0 saturated heterocycles. The molecule has 0 radical (unpaired) electrons. The molecule has 0 unspecified atom stereocenters. The third-order valence-electron chi connectivity index (χ3n) is 2.79. The van der Waals surface area contributed by atoms with Crippen LogP contribution < -0.4 is 10.1 Å². The molecule has 0 spiro atoms. The Bertz CT molecular complexity index is 626. The van der Waals surface area contributed by atoms with Crippen LogP contribution in [0.2, 0.25) is 0 Å². The van der Waals surface area contributed by atoms with Gasteiger partial charge in [-0.2, -0.15) is 0 Å². The third kappa shape index (κ3) is 4.42. The summed E-state index contributed by atoms with van der Waals surface area (Å²) in [6, 6.07) is 10.2. The molecule has 0 aliphatic heterocycles. The van der Waals surface area contributed by atoms with Crippen molar-refractivity contribution < 1.29 is 14.3 Å². The van der Waals surface area contributed by atoms with E-state index < -0.39 is 0 Å². The molecule has 2 rings (SSSR count). The minimum atomic E-state index is -0.331. The van der Waals surface area contributed by atoms with Crippen LogP contribution in [0.25, 0.3) is 0 Å². The van der Waals surface area contributed by atoms with Gasteiger partial charge in [-0.3, -0.25) is 14.6 Å². The van der Waals surface area contributed by atoms with E-state index in [0.717, 1.165) is 5.56 Å². The minimum absolute atomic E-state index is 0.228. The Hall–Kier alpha value is -2.69. The summed E-state index contributed by atoms with van der Waals surface area (Å²) in [5, 5.41) is 2.79. The number of benzene rings is 1. The molecule has 1 aromatic heterocycles.